The van der Waals surface area contributed by atoms with E-state index >= 15 is 0 Å². The second-order valence-corrected chi connectivity index (χ2v) is 8.50. The minimum absolute atomic E-state index is 0.728. The summed E-state index contributed by atoms with van der Waals surface area (Å²) in [6.45, 7) is 15.1. The summed E-state index contributed by atoms with van der Waals surface area (Å²) >= 11 is 1.98. The molecule has 2 nitrogen and oxygen atoms in total. The molecule has 0 atom stereocenters. The lowest BCUT2D eigenvalue weighted by molar-refractivity contribution is 0.153. The van der Waals surface area contributed by atoms with Crippen LogP contribution in [0.1, 0.15) is 50.3 Å². The molecular weight excluding hydrogens is 276 g/mol. The molecule has 0 saturated carbocycles. The molecule has 1 aromatic heterocycles. The molecule has 2 rings (SSSR count). The molecule has 1 saturated heterocycles. The molecule has 0 spiro atoms. The SMILES string of the molecule is CC(C)CNCc1ccc(CN2CCC(C(C)C)CC2)s1. The molecule has 0 amide bonds. The molecule has 0 unspecified atom stereocenters. The second kappa shape index (κ2) is 8.30. The quantitative estimate of drug-likeness (QED) is 0.805. The number of hydrogen-bond acceptors (Lipinski definition) is 3. The Balaban J connectivity index is 1.73. The van der Waals surface area contributed by atoms with Crippen LogP contribution in [0.3, 0.4) is 0 Å². The van der Waals surface area contributed by atoms with Crippen molar-refractivity contribution in [2.75, 3.05) is 19.6 Å². The third-order valence-corrected chi connectivity index (χ3v) is 5.59. The van der Waals surface area contributed by atoms with E-state index in [2.05, 4.69) is 50.0 Å². The third kappa shape index (κ3) is 5.72. The van der Waals surface area contributed by atoms with E-state index in [0.29, 0.717) is 0 Å². The van der Waals surface area contributed by atoms with E-state index < -0.39 is 0 Å². The number of nitrogens with zero attached hydrogens (tertiary/aromatic N) is 1. The normalized spacial score (nSPS) is 18.0. The Morgan fingerprint density at radius 1 is 1.14 bits per heavy atom. The summed E-state index contributed by atoms with van der Waals surface area (Å²) in [5.74, 6) is 2.53. The van der Waals surface area contributed by atoms with Gasteiger partial charge in [0.25, 0.3) is 0 Å². The van der Waals surface area contributed by atoms with E-state index in [9.17, 15) is 0 Å². The number of thiophene rings is 1. The first-order valence-electron chi connectivity index (χ1n) is 8.55. The lowest BCUT2D eigenvalue weighted by atomic mass is 9.87. The van der Waals surface area contributed by atoms with Gasteiger partial charge in [0, 0.05) is 22.8 Å². The van der Waals surface area contributed by atoms with Gasteiger partial charge in [-0.15, -0.1) is 11.3 Å². The number of piperidine rings is 1. The minimum Gasteiger partial charge on any atom is -0.312 e. The molecule has 0 aromatic carbocycles. The van der Waals surface area contributed by atoms with Gasteiger partial charge in [0.15, 0.2) is 0 Å². The summed E-state index contributed by atoms with van der Waals surface area (Å²) in [7, 11) is 0. The van der Waals surface area contributed by atoms with Gasteiger partial charge in [-0.05, 0) is 62.4 Å². The summed E-state index contributed by atoms with van der Waals surface area (Å²) in [6.07, 6.45) is 2.76. The molecule has 120 valence electrons. The lowest BCUT2D eigenvalue weighted by Crippen LogP contribution is -2.34. The van der Waals surface area contributed by atoms with Crippen LogP contribution in [0.4, 0.5) is 0 Å². The number of nitrogens with one attached hydrogen (secondary N) is 1. The van der Waals surface area contributed by atoms with Crippen LogP contribution in [0.25, 0.3) is 0 Å². The van der Waals surface area contributed by atoms with Crippen molar-refractivity contribution in [3.8, 4) is 0 Å². The highest BCUT2D eigenvalue weighted by Crippen LogP contribution is 2.26. The topological polar surface area (TPSA) is 15.3 Å². The summed E-state index contributed by atoms with van der Waals surface area (Å²) in [4.78, 5) is 5.64. The fourth-order valence-corrected chi connectivity index (χ4v) is 4.11. The van der Waals surface area contributed by atoms with Gasteiger partial charge in [-0.1, -0.05) is 27.7 Å². The minimum atomic E-state index is 0.728. The van der Waals surface area contributed by atoms with Gasteiger partial charge >= 0.3 is 0 Å². The van der Waals surface area contributed by atoms with Gasteiger partial charge in [0.2, 0.25) is 0 Å². The zero-order chi connectivity index (χ0) is 15.2. The fourth-order valence-electron chi connectivity index (χ4n) is 3.08. The molecule has 1 aromatic rings. The molecule has 0 radical (unpaired) electrons. The highest BCUT2D eigenvalue weighted by atomic mass is 32.1. The van der Waals surface area contributed by atoms with Crippen molar-refractivity contribution < 1.29 is 0 Å². The maximum absolute atomic E-state index is 3.53. The Hall–Kier alpha value is -0.380. The first kappa shape index (κ1) is 17.0. The van der Waals surface area contributed by atoms with Gasteiger partial charge in [0.1, 0.15) is 0 Å². The average molecular weight is 309 g/mol. The Kier molecular flexibility index (Phi) is 6.72. The summed E-state index contributed by atoms with van der Waals surface area (Å²) < 4.78 is 0. The van der Waals surface area contributed by atoms with Crippen LogP contribution < -0.4 is 5.32 Å². The van der Waals surface area contributed by atoms with Crippen LogP contribution in [0, 0.1) is 17.8 Å². The van der Waals surface area contributed by atoms with Crippen molar-refractivity contribution in [1.29, 1.82) is 0 Å². The predicted molar refractivity (Wildman–Crippen MR) is 93.7 cm³/mol. The highest BCUT2D eigenvalue weighted by molar-refractivity contribution is 7.11. The monoisotopic (exact) mass is 308 g/mol. The van der Waals surface area contributed by atoms with Crippen LogP contribution in [-0.4, -0.2) is 24.5 Å². The van der Waals surface area contributed by atoms with Gasteiger partial charge in [0.05, 0.1) is 0 Å². The third-order valence-electron chi connectivity index (χ3n) is 4.52. The smallest absolute Gasteiger partial charge is 0.0328 e. The molecule has 1 aliphatic rings. The molecule has 3 heteroatoms. The van der Waals surface area contributed by atoms with E-state index in [-0.39, 0.29) is 0 Å². The largest absolute Gasteiger partial charge is 0.312 e. The van der Waals surface area contributed by atoms with Gasteiger partial charge in [-0.2, -0.15) is 0 Å². The zero-order valence-corrected chi connectivity index (χ0v) is 15.0. The van der Waals surface area contributed by atoms with Crippen LogP contribution in [0.2, 0.25) is 0 Å². The van der Waals surface area contributed by atoms with E-state index in [1.54, 1.807) is 0 Å². The lowest BCUT2D eigenvalue weighted by Gasteiger charge is -2.33. The summed E-state index contributed by atoms with van der Waals surface area (Å²) in [6, 6.07) is 4.62. The maximum atomic E-state index is 3.53. The first-order valence-corrected chi connectivity index (χ1v) is 9.37. The summed E-state index contributed by atoms with van der Waals surface area (Å²) in [5, 5.41) is 3.53. The fraction of sp³-hybridized carbons (Fsp3) is 0.778. The van der Waals surface area contributed by atoms with Crippen LogP contribution in [0.15, 0.2) is 12.1 Å². The van der Waals surface area contributed by atoms with Crippen LogP contribution in [0.5, 0.6) is 0 Å². The van der Waals surface area contributed by atoms with Gasteiger partial charge in [-0.3, -0.25) is 4.90 Å². The Morgan fingerprint density at radius 2 is 1.81 bits per heavy atom. The zero-order valence-electron chi connectivity index (χ0n) is 14.2. The molecule has 0 bridgehead atoms. The van der Waals surface area contributed by atoms with E-state index in [4.69, 9.17) is 0 Å². The predicted octanol–water partition coefficient (Wildman–Crippen LogP) is 4.36. The van der Waals surface area contributed by atoms with E-state index in [1.165, 1.54) is 35.7 Å². The first-order chi connectivity index (χ1) is 10.0. The van der Waals surface area contributed by atoms with Gasteiger partial charge in [-0.25, -0.2) is 0 Å². The average Bonchev–Trinajstić information content (AvgIpc) is 2.86. The molecule has 1 aliphatic heterocycles. The van der Waals surface area contributed by atoms with Crippen LogP contribution in [-0.2, 0) is 13.1 Å². The van der Waals surface area contributed by atoms with Crippen molar-refractivity contribution in [2.45, 2.75) is 53.6 Å². The Bertz CT molecular complexity index is 403. The van der Waals surface area contributed by atoms with Crippen molar-refractivity contribution in [2.24, 2.45) is 17.8 Å². The summed E-state index contributed by atoms with van der Waals surface area (Å²) in [5.41, 5.74) is 0. The molecule has 21 heavy (non-hydrogen) atoms. The number of rotatable bonds is 7. The van der Waals surface area contributed by atoms with Crippen molar-refractivity contribution in [1.82, 2.24) is 10.2 Å². The van der Waals surface area contributed by atoms with E-state index in [0.717, 1.165) is 37.4 Å². The molecule has 0 aliphatic carbocycles. The van der Waals surface area contributed by atoms with Crippen molar-refractivity contribution in [3.63, 3.8) is 0 Å². The van der Waals surface area contributed by atoms with E-state index in [1.807, 2.05) is 11.3 Å². The Labute approximate surface area is 134 Å². The van der Waals surface area contributed by atoms with Crippen molar-refractivity contribution >= 4 is 11.3 Å². The number of likely N-dealkylation sites (tertiary alicyclic amines) is 1. The molecular formula is C18H32N2S. The Morgan fingerprint density at radius 3 is 2.43 bits per heavy atom. The molecule has 1 N–H and O–H groups in total. The molecule has 2 heterocycles. The number of hydrogen-bond donors (Lipinski definition) is 1. The highest BCUT2D eigenvalue weighted by Gasteiger charge is 2.21. The maximum Gasteiger partial charge on any atom is 0.0328 e. The van der Waals surface area contributed by atoms with Gasteiger partial charge < -0.3 is 5.32 Å². The van der Waals surface area contributed by atoms with Crippen LogP contribution >= 0.6 is 11.3 Å². The standard InChI is InChI=1S/C18H32N2S/c1-14(2)11-19-12-17-5-6-18(21-17)13-20-9-7-16(8-10-20)15(3)4/h5-6,14-16,19H,7-13H2,1-4H3. The molecule has 1 fully saturated rings. The second-order valence-electron chi connectivity index (χ2n) is 7.25. The van der Waals surface area contributed by atoms with Crippen molar-refractivity contribution in [3.05, 3.63) is 21.9 Å².